The number of hydrogen-bond acceptors (Lipinski definition) is 4. The Morgan fingerprint density at radius 1 is 1.03 bits per heavy atom. The zero-order valence-electron chi connectivity index (χ0n) is 18.5. The summed E-state index contributed by atoms with van der Waals surface area (Å²) in [4.78, 5) is 30.7. The van der Waals surface area contributed by atoms with Crippen molar-refractivity contribution in [2.75, 3.05) is 26.2 Å². The summed E-state index contributed by atoms with van der Waals surface area (Å²) in [6, 6.07) is 18.3. The first-order valence-corrected chi connectivity index (χ1v) is 11.7. The van der Waals surface area contributed by atoms with Gasteiger partial charge in [-0.25, -0.2) is 0 Å². The number of nitrogens with one attached hydrogen (secondary N) is 1. The van der Waals surface area contributed by atoms with Crippen LogP contribution in [0.1, 0.15) is 51.5 Å². The number of hydrogen-bond donors (Lipinski definition) is 1. The van der Waals surface area contributed by atoms with Gasteiger partial charge in [0.2, 0.25) is 0 Å². The van der Waals surface area contributed by atoms with Gasteiger partial charge < -0.3 is 14.6 Å². The number of H-pyrrole nitrogens is 1. The molecule has 4 aromatic rings. The van der Waals surface area contributed by atoms with E-state index in [1.807, 2.05) is 36.5 Å². The minimum Gasteiger partial charge on any atom is -0.492 e. The van der Waals surface area contributed by atoms with Crippen LogP contribution < -0.4 is 4.74 Å². The van der Waals surface area contributed by atoms with E-state index in [2.05, 4.69) is 34.1 Å². The number of Topliss-reactive ketones (excluding diaryl/α,β-unsaturated/α-hetero) is 2. The molecule has 1 fully saturated rings. The fourth-order valence-corrected chi connectivity index (χ4v) is 5.21. The Balaban J connectivity index is 1.11. The van der Waals surface area contributed by atoms with Crippen molar-refractivity contribution in [3.63, 3.8) is 0 Å². The molecule has 33 heavy (non-hydrogen) atoms. The summed E-state index contributed by atoms with van der Waals surface area (Å²) in [7, 11) is 0. The molecule has 6 rings (SSSR count). The normalized spacial score (nSPS) is 18.5. The number of ketones is 2. The Bertz CT molecular complexity index is 1390. The van der Waals surface area contributed by atoms with Gasteiger partial charge in [0.05, 0.1) is 12.2 Å². The number of aromatic nitrogens is 1. The third kappa shape index (κ3) is 3.83. The van der Waals surface area contributed by atoms with Crippen LogP contribution in [0.5, 0.6) is 5.75 Å². The maximum absolute atomic E-state index is 12.9. The van der Waals surface area contributed by atoms with E-state index in [1.54, 1.807) is 0 Å². The smallest absolute Gasteiger partial charge is 0.170 e. The second-order valence-electron chi connectivity index (χ2n) is 9.22. The minimum atomic E-state index is 0.121. The molecule has 1 aromatic heterocycles. The SMILES string of the molecule is O=C(CCN1CCC(c2ccc3[nH]ccc3c2)C1)c1ccc2cc3c(cc2c1)OCCC3=O. The van der Waals surface area contributed by atoms with Gasteiger partial charge in [0.1, 0.15) is 5.75 Å². The van der Waals surface area contributed by atoms with Gasteiger partial charge in [-0.15, -0.1) is 0 Å². The van der Waals surface area contributed by atoms with Crippen molar-refractivity contribution in [2.45, 2.75) is 25.2 Å². The summed E-state index contributed by atoms with van der Waals surface area (Å²) in [5, 5.41) is 3.16. The molecule has 1 unspecified atom stereocenters. The van der Waals surface area contributed by atoms with Crippen molar-refractivity contribution < 1.29 is 14.3 Å². The van der Waals surface area contributed by atoms with Gasteiger partial charge >= 0.3 is 0 Å². The molecule has 1 N–H and O–H groups in total. The Hall–Kier alpha value is -3.44. The minimum absolute atomic E-state index is 0.121. The van der Waals surface area contributed by atoms with Gasteiger partial charge in [0.15, 0.2) is 11.6 Å². The Morgan fingerprint density at radius 3 is 2.91 bits per heavy atom. The largest absolute Gasteiger partial charge is 0.492 e. The topological polar surface area (TPSA) is 62.4 Å². The standard InChI is InChI=1S/C28H26N2O3/c31-26(21-2-1-19-15-24-27(32)8-12-33-28(24)16-23(19)14-21)7-11-30-10-6-22(17-30)18-3-4-25-20(13-18)5-9-29-25/h1-5,9,13-16,22,29H,6-8,10-12,17H2. The third-order valence-corrected chi connectivity index (χ3v) is 7.12. The Morgan fingerprint density at radius 2 is 1.97 bits per heavy atom. The summed E-state index contributed by atoms with van der Waals surface area (Å²) in [6.07, 6.45) is 4.04. The number of aromatic amines is 1. The highest BCUT2D eigenvalue weighted by Gasteiger charge is 2.25. The molecule has 0 aliphatic carbocycles. The molecule has 0 spiro atoms. The van der Waals surface area contributed by atoms with E-state index < -0.39 is 0 Å². The molecule has 1 atom stereocenters. The first kappa shape index (κ1) is 20.2. The van der Waals surface area contributed by atoms with Crippen LogP contribution >= 0.6 is 0 Å². The van der Waals surface area contributed by atoms with Crippen molar-refractivity contribution in [1.29, 1.82) is 0 Å². The second kappa shape index (κ2) is 8.16. The van der Waals surface area contributed by atoms with E-state index in [4.69, 9.17) is 4.74 Å². The van der Waals surface area contributed by atoms with E-state index in [0.717, 1.165) is 42.4 Å². The van der Waals surface area contributed by atoms with Crippen LogP contribution in [0, 0.1) is 0 Å². The number of carbonyl (C=O) groups excluding carboxylic acids is 2. The van der Waals surface area contributed by atoms with Crippen LogP contribution in [-0.4, -0.2) is 47.7 Å². The summed E-state index contributed by atoms with van der Waals surface area (Å²) in [5.74, 6) is 1.43. The predicted octanol–water partition coefficient (Wildman–Crippen LogP) is 5.35. The maximum Gasteiger partial charge on any atom is 0.170 e. The van der Waals surface area contributed by atoms with E-state index in [1.165, 1.54) is 16.5 Å². The molecule has 0 amide bonds. The lowest BCUT2D eigenvalue weighted by atomic mass is 9.97. The average Bonchev–Trinajstić information content (AvgIpc) is 3.50. The molecule has 0 radical (unpaired) electrons. The summed E-state index contributed by atoms with van der Waals surface area (Å²) in [6.45, 7) is 3.23. The van der Waals surface area contributed by atoms with Crippen LogP contribution in [0.25, 0.3) is 21.7 Å². The van der Waals surface area contributed by atoms with Crippen LogP contribution in [0.4, 0.5) is 0 Å². The number of fused-ring (bicyclic) bond motifs is 3. The molecule has 3 aromatic carbocycles. The van der Waals surface area contributed by atoms with Gasteiger partial charge in [-0.3, -0.25) is 9.59 Å². The zero-order valence-corrected chi connectivity index (χ0v) is 18.5. The molecular formula is C28H26N2O3. The van der Waals surface area contributed by atoms with Crippen LogP contribution in [0.2, 0.25) is 0 Å². The van der Waals surface area contributed by atoms with Crippen molar-refractivity contribution >= 4 is 33.2 Å². The van der Waals surface area contributed by atoms with Crippen LogP contribution in [-0.2, 0) is 0 Å². The van der Waals surface area contributed by atoms with Crippen molar-refractivity contribution in [1.82, 2.24) is 9.88 Å². The molecule has 2 aliphatic rings. The molecule has 5 heteroatoms. The monoisotopic (exact) mass is 438 g/mol. The predicted molar refractivity (Wildman–Crippen MR) is 129 cm³/mol. The first-order chi connectivity index (χ1) is 16.1. The van der Waals surface area contributed by atoms with Crippen molar-refractivity contribution in [3.8, 4) is 5.75 Å². The second-order valence-corrected chi connectivity index (χ2v) is 9.22. The summed E-state index contributed by atoms with van der Waals surface area (Å²) in [5.41, 5.74) is 3.92. The molecular weight excluding hydrogens is 412 g/mol. The molecule has 166 valence electrons. The molecule has 3 heterocycles. The summed E-state index contributed by atoms with van der Waals surface area (Å²) >= 11 is 0. The fourth-order valence-electron chi connectivity index (χ4n) is 5.21. The lowest BCUT2D eigenvalue weighted by Crippen LogP contribution is -2.23. The maximum atomic E-state index is 12.9. The van der Waals surface area contributed by atoms with E-state index >= 15 is 0 Å². The number of likely N-dealkylation sites (tertiary alicyclic amines) is 1. The number of ether oxygens (including phenoxy) is 1. The highest BCUT2D eigenvalue weighted by Crippen LogP contribution is 2.32. The van der Waals surface area contributed by atoms with Gasteiger partial charge in [0, 0.05) is 43.2 Å². The van der Waals surface area contributed by atoms with Crippen LogP contribution in [0.3, 0.4) is 0 Å². The van der Waals surface area contributed by atoms with Gasteiger partial charge in [0.25, 0.3) is 0 Å². The zero-order chi connectivity index (χ0) is 22.4. The number of rotatable bonds is 5. The first-order valence-electron chi connectivity index (χ1n) is 11.7. The Kier molecular flexibility index (Phi) is 4.99. The molecule has 1 saturated heterocycles. The third-order valence-electron chi connectivity index (χ3n) is 7.12. The molecule has 0 saturated carbocycles. The van der Waals surface area contributed by atoms with Crippen molar-refractivity contribution in [3.05, 3.63) is 77.5 Å². The molecule has 0 bridgehead atoms. The van der Waals surface area contributed by atoms with Crippen molar-refractivity contribution in [2.24, 2.45) is 0 Å². The highest BCUT2D eigenvalue weighted by atomic mass is 16.5. The van der Waals surface area contributed by atoms with Gasteiger partial charge in [-0.05, 0) is 77.0 Å². The van der Waals surface area contributed by atoms with E-state index in [9.17, 15) is 9.59 Å². The molecule has 5 nitrogen and oxygen atoms in total. The quantitative estimate of drug-likeness (QED) is 0.427. The van der Waals surface area contributed by atoms with Gasteiger partial charge in [-0.1, -0.05) is 18.2 Å². The highest BCUT2D eigenvalue weighted by molar-refractivity contribution is 6.05. The summed E-state index contributed by atoms with van der Waals surface area (Å²) < 4.78 is 5.67. The molecule has 2 aliphatic heterocycles. The lowest BCUT2D eigenvalue weighted by molar-refractivity contribution is 0.0931. The average molecular weight is 439 g/mol. The lowest BCUT2D eigenvalue weighted by Gasteiger charge is -2.17. The Labute approximate surface area is 192 Å². The van der Waals surface area contributed by atoms with E-state index in [-0.39, 0.29) is 11.6 Å². The number of nitrogens with zero attached hydrogens (tertiary/aromatic N) is 1. The number of carbonyl (C=O) groups is 2. The fraction of sp³-hybridized carbons (Fsp3) is 0.286. The van der Waals surface area contributed by atoms with Gasteiger partial charge in [-0.2, -0.15) is 0 Å². The van der Waals surface area contributed by atoms with Crippen LogP contribution in [0.15, 0.2) is 60.8 Å². The number of benzene rings is 3. The van der Waals surface area contributed by atoms with E-state index in [0.29, 0.717) is 36.7 Å².